The molecule has 0 N–H and O–H groups in total. The zero-order valence-corrected chi connectivity index (χ0v) is 12.1. The fourth-order valence-corrected chi connectivity index (χ4v) is 2.93. The first-order chi connectivity index (χ1) is 9.54. The highest BCUT2D eigenvalue weighted by atomic mass is 16.6. The summed E-state index contributed by atoms with van der Waals surface area (Å²) in [7, 11) is 0. The Hall–Kier alpha value is -1.62. The summed E-state index contributed by atoms with van der Waals surface area (Å²) in [5.41, 5.74) is 0.0935. The molecule has 5 nitrogen and oxygen atoms in total. The van der Waals surface area contributed by atoms with Crippen molar-refractivity contribution in [1.82, 2.24) is 4.90 Å². The van der Waals surface area contributed by atoms with Crippen LogP contribution in [0.1, 0.15) is 20.3 Å². The Morgan fingerprint density at radius 1 is 1.25 bits per heavy atom. The minimum Gasteiger partial charge on any atom is -0.492 e. The third-order valence-electron chi connectivity index (χ3n) is 3.67. The maximum absolute atomic E-state index is 10.6. The molecule has 1 heterocycles. The molecule has 2 atom stereocenters. The molecule has 1 saturated heterocycles. The van der Waals surface area contributed by atoms with E-state index >= 15 is 0 Å². The van der Waals surface area contributed by atoms with E-state index in [0.29, 0.717) is 12.4 Å². The Kier molecular flexibility index (Phi) is 4.95. The summed E-state index contributed by atoms with van der Waals surface area (Å²) in [5.74, 6) is 2.19. The number of hydrogen-bond acceptors (Lipinski definition) is 4. The second-order valence-electron chi connectivity index (χ2n) is 5.81. The largest absolute Gasteiger partial charge is 0.492 e. The zero-order valence-electron chi connectivity index (χ0n) is 12.1. The Labute approximate surface area is 119 Å². The lowest BCUT2D eigenvalue weighted by atomic mass is 9.92. The number of nitro benzene ring substituents is 1. The Bertz CT molecular complexity index is 437. The number of benzene rings is 1. The molecule has 0 aliphatic carbocycles. The normalized spacial score (nSPS) is 23.5. The van der Waals surface area contributed by atoms with Gasteiger partial charge in [-0.05, 0) is 30.4 Å². The van der Waals surface area contributed by atoms with Crippen molar-refractivity contribution in [2.45, 2.75) is 20.3 Å². The Balaban J connectivity index is 1.76. The van der Waals surface area contributed by atoms with Gasteiger partial charge in [-0.2, -0.15) is 0 Å². The lowest BCUT2D eigenvalue weighted by Gasteiger charge is -2.34. The van der Waals surface area contributed by atoms with Crippen LogP contribution < -0.4 is 4.74 Å². The lowest BCUT2D eigenvalue weighted by Crippen LogP contribution is -2.40. The predicted molar refractivity (Wildman–Crippen MR) is 78.0 cm³/mol. The quantitative estimate of drug-likeness (QED) is 0.614. The van der Waals surface area contributed by atoms with Crippen molar-refractivity contribution >= 4 is 5.69 Å². The second-order valence-corrected chi connectivity index (χ2v) is 5.81. The summed E-state index contributed by atoms with van der Waals surface area (Å²) in [4.78, 5) is 12.6. The van der Waals surface area contributed by atoms with Crippen LogP contribution in [0, 0.1) is 22.0 Å². The molecule has 0 bridgehead atoms. The third-order valence-corrected chi connectivity index (χ3v) is 3.67. The van der Waals surface area contributed by atoms with Gasteiger partial charge in [0.05, 0.1) is 4.92 Å². The minimum atomic E-state index is -0.402. The van der Waals surface area contributed by atoms with Gasteiger partial charge in [0.25, 0.3) is 5.69 Å². The van der Waals surface area contributed by atoms with Crippen LogP contribution in [0.25, 0.3) is 0 Å². The number of rotatable bonds is 5. The van der Waals surface area contributed by atoms with Crippen LogP contribution in [0.2, 0.25) is 0 Å². The van der Waals surface area contributed by atoms with Crippen molar-refractivity contribution in [3.63, 3.8) is 0 Å². The first kappa shape index (κ1) is 14.8. The van der Waals surface area contributed by atoms with E-state index in [-0.39, 0.29) is 5.69 Å². The van der Waals surface area contributed by atoms with Crippen molar-refractivity contribution in [3.05, 3.63) is 34.4 Å². The highest BCUT2D eigenvalue weighted by molar-refractivity contribution is 5.35. The van der Waals surface area contributed by atoms with E-state index in [4.69, 9.17) is 4.74 Å². The van der Waals surface area contributed by atoms with Gasteiger partial charge in [0.1, 0.15) is 12.4 Å². The van der Waals surface area contributed by atoms with Crippen LogP contribution in [-0.2, 0) is 0 Å². The summed E-state index contributed by atoms with van der Waals surface area (Å²) in [6, 6.07) is 6.25. The molecule has 0 unspecified atom stereocenters. The van der Waals surface area contributed by atoms with E-state index in [2.05, 4.69) is 18.7 Å². The predicted octanol–water partition coefficient (Wildman–Crippen LogP) is 2.95. The van der Waals surface area contributed by atoms with Gasteiger partial charge in [-0.15, -0.1) is 0 Å². The summed E-state index contributed by atoms with van der Waals surface area (Å²) in [5, 5.41) is 10.6. The van der Waals surface area contributed by atoms with Crippen LogP contribution in [-0.4, -0.2) is 36.1 Å². The van der Waals surface area contributed by atoms with Crippen molar-refractivity contribution in [2.75, 3.05) is 26.2 Å². The van der Waals surface area contributed by atoms with Gasteiger partial charge < -0.3 is 4.74 Å². The van der Waals surface area contributed by atoms with Crippen LogP contribution in [0.4, 0.5) is 5.69 Å². The van der Waals surface area contributed by atoms with Crippen LogP contribution >= 0.6 is 0 Å². The standard InChI is InChI=1S/C15H22N2O3/c1-12-9-13(2)11-16(10-12)7-8-20-15-5-3-14(4-6-15)17(18)19/h3-6,12-13H,7-11H2,1-2H3/t12-,13-/m1/s1. The van der Waals surface area contributed by atoms with Gasteiger partial charge in [0.2, 0.25) is 0 Å². The first-order valence-corrected chi connectivity index (χ1v) is 7.14. The fourth-order valence-electron chi connectivity index (χ4n) is 2.93. The molecule has 1 aliphatic rings. The fraction of sp³-hybridized carbons (Fsp3) is 0.600. The molecule has 0 spiro atoms. The highest BCUT2D eigenvalue weighted by Crippen LogP contribution is 2.21. The molecule has 1 aromatic rings. The lowest BCUT2D eigenvalue weighted by molar-refractivity contribution is -0.384. The number of hydrogen-bond donors (Lipinski definition) is 0. The topological polar surface area (TPSA) is 55.6 Å². The first-order valence-electron chi connectivity index (χ1n) is 7.14. The molecule has 110 valence electrons. The third kappa shape index (κ3) is 4.20. The average molecular weight is 278 g/mol. The minimum absolute atomic E-state index is 0.0935. The molecule has 0 radical (unpaired) electrons. The molecule has 0 aromatic heterocycles. The van der Waals surface area contributed by atoms with Crippen molar-refractivity contribution in [2.24, 2.45) is 11.8 Å². The van der Waals surface area contributed by atoms with Gasteiger partial charge in [0.15, 0.2) is 0 Å². The van der Waals surface area contributed by atoms with E-state index in [0.717, 1.165) is 31.5 Å². The number of nitro groups is 1. The molecule has 20 heavy (non-hydrogen) atoms. The maximum Gasteiger partial charge on any atom is 0.269 e. The molecule has 0 amide bonds. The van der Waals surface area contributed by atoms with Crippen LogP contribution in [0.3, 0.4) is 0 Å². The SMILES string of the molecule is C[C@@H]1C[C@@H](C)CN(CCOc2ccc([N+](=O)[O-])cc2)C1. The Morgan fingerprint density at radius 3 is 2.40 bits per heavy atom. The monoisotopic (exact) mass is 278 g/mol. The molecule has 1 aliphatic heterocycles. The van der Waals surface area contributed by atoms with E-state index in [1.807, 2.05) is 0 Å². The number of nitrogens with zero attached hydrogens (tertiary/aromatic N) is 2. The maximum atomic E-state index is 10.6. The van der Waals surface area contributed by atoms with Gasteiger partial charge in [0, 0.05) is 31.8 Å². The number of piperidine rings is 1. The van der Waals surface area contributed by atoms with E-state index in [1.54, 1.807) is 12.1 Å². The number of ether oxygens (including phenoxy) is 1. The van der Waals surface area contributed by atoms with Gasteiger partial charge >= 0.3 is 0 Å². The van der Waals surface area contributed by atoms with Gasteiger partial charge in [-0.3, -0.25) is 15.0 Å². The molecule has 1 aromatic carbocycles. The summed E-state index contributed by atoms with van der Waals surface area (Å²) < 4.78 is 5.65. The smallest absolute Gasteiger partial charge is 0.269 e. The molecule has 2 rings (SSSR count). The molecule has 1 fully saturated rings. The second kappa shape index (κ2) is 6.70. The van der Waals surface area contributed by atoms with Crippen LogP contribution in [0.5, 0.6) is 5.75 Å². The summed E-state index contributed by atoms with van der Waals surface area (Å²) >= 11 is 0. The highest BCUT2D eigenvalue weighted by Gasteiger charge is 2.21. The number of non-ortho nitro benzene ring substituents is 1. The summed E-state index contributed by atoms with van der Waals surface area (Å²) in [6.07, 6.45) is 1.31. The molecule has 5 heteroatoms. The van der Waals surface area contributed by atoms with Crippen molar-refractivity contribution in [3.8, 4) is 5.75 Å². The molecular weight excluding hydrogens is 256 g/mol. The zero-order chi connectivity index (χ0) is 14.5. The van der Waals surface area contributed by atoms with Crippen molar-refractivity contribution < 1.29 is 9.66 Å². The van der Waals surface area contributed by atoms with Gasteiger partial charge in [-0.25, -0.2) is 0 Å². The summed E-state index contributed by atoms with van der Waals surface area (Å²) in [6.45, 7) is 8.38. The van der Waals surface area contributed by atoms with Gasteiger partial charge in [-0.1, -0.05) is 13.8 Å². The number of likely N-dealkylation sites (tertiary alicyclic amines) is 1. The Morgan fingerprint density at radius 2 is 1.85 bits per heavy atom. The average Bonchev–Trinajstić information content (AvgIpc) is 2.38. The molecular formula is C15H22N2O3. The van der Waals surface area contributed by atoms with E-state index in [1.165, 1.54) is 18.6 Å². The van der Waals surface area contributed by atoms with Crippen molar-refractivity contribution in [1.29, 1.82) is 0 Å². The van der Waals surface area contributed by atoms with Crippen LogP contribution in [0.15, 0.2) is 24.3 Å². The van der Waals surface area contributed by atoms with E-state index in [9.17, 15) is 10.1 Å². The van der Waals surface area contributed by atoms with E-state index < -0.39 is 4.92 Å². The molecule has 0 saturated carbocycles.